The number of nitrogens with zero attached hydrogens (tertiary/aromatic N) is 4. The van der Waals surface area contributed by atoms with Crippen LogP contribution in [0.1, 0.15) is 27.2 Å². The molecule has 3 aromatic rings. The second kappa shape index (κ2) is 8.84. The summed E-state index contributed by atoms with van der Waals surface area (Å²) in [5.41, 5.74) is 3.80. The predicted molar refractivity (Wildman–Crippen MR) is 121 cm³/mol. The number of fused-ring (bicyclic) bond motifs is 1. The Balaban J connectivity index is 1.20. The topological polar surface area (TPSA) is 59.8 Å². The van der Waals surface area contributed by atoms with E-state index in [9.17, 15) is 4.79 Å². The van der Waals surface area contributed by atoms with Crippen LogP contribution in [0.4, 0.5) is 0 Å². The van der Waals surface area contributed by atoms with Gasteiger partial charge in [-0.1, -0.05) is 41.9 Å². The summed E-state index contributed by atoms with van der Waals surface area (Å²) >= 11 is 6.69. The van der Waals surface area contributed by atoms with Gasteiger partial charge in [-0.05, 0) is 30.7 Å². The number of piperazine rings is 1. The average molecular weight is 453 g/mol. The number of benzene rings is 2. The molecule has 0 saturated carbocycles. The highest BCUT2D eigenvalue weighted by Gasteiger charge is 2.25. The first kappa shape index (κ1) is 20.8. The van der Waals surface area contributed by atoms with Crippen molar-refractivity contribution in [1.82, 2.24) is 19.6 Å². The fraction of sp³-hybridized carbons (Fsp3) is 0.333. The van der Waals surface area contributed by atoms with Crippen molar-refractivity contribution in [3.63, 3.8) is 0 Å². The Hall–Kier alpha value is -3.03. The lowest BCUT2D eigenvalue weighted by atomic mass is 10.1. The molecule has 1 aromatic heterocycles. The van der Waals surface area contributed by atoms with Crippen molar-refractivity contribution in [3.05, 3.63) is 76.1 Å². The van der Waals surface area contributed by atoms with E-state index < -0.39 is 0 Å². The summed E-state index contributed by atoms with van der Waals surface area (Å²) in [6, 6.07) is 15.5. The molecule has 0 spiro atoms. The zero-order chi connectivity index (χ0) is 22.1. The second-order valence-electron chi connectivity index (χ2n) is 8.13. The van der Waals surface area contributed by atoms with Gasteiger partial charge in [-0.3, -0.25) is 9.69 Å². The largest absolute Gasteiger partial charge is 0.454 e. The smallest absolute Gasteiger partial charge is 0.254 e. The van der Waals surface area contributed by atoms with Gasteiger partial charge in [0.1, 0.15) is 5.15 Å². The van der Waals surface area contributed by atoms with E-state index >= 15 is 0 Å². The van der Waals surface area contributed by atoms with Gasteiger partial charge in [-0.25, -0.2) is 4.68 Å². The highest BCUT2D eigenvalue weighted by Crippen LogP contribution is 2.33. The van der Waals surface area contributed by atoms with Gasteiger partial charge in [0, 0.05) is 43.9 Å². The van der Waals surface area contributed by atoms with Gasteiger partial charge in [0.25, 0.3) is 5.91 Å². The number of carbonyl (C=O) groups excluding carboxylic acids is 1. The van der Waals surface area contributed by atoms with Crippen molar-refractivity contribution in [1.29, 1.82) is 0 Å². The van der Waals surface area contributed by atoms with Crippen LogP contribution in [0.15, 0.2) is 48.5 Å². The molecule has 5 rings (SSSR count). The van der Waals surface area contributed by atoms with Crippen LogP contribution in [-0.2, 0) is 13.1 Å². The Bertz CT molecular complexity index is 1120. The van der Waals surface area contributed by atoms with Crippen molar-refractivity contribution >= 4 is 17.5 Å². The van der Waals surface area contributed by atoms with Crippen LogP contribution in [0.3, 0.4) is 0 Å². The maximum absolute atomic E-state index is 12.9. The third-order valence-corrected chi connectivity index (χ3v) is 6.44. The molecule has 0 unspecified atom stereocenters. The fourth-order valence-corrected chi connectivity index (χ4v) is 4.47. The molecule has 0 atom stereocenters. The van der Waals surface area contributed by atoms with E-state index in [2.05, 4.69) is 22.1 Å². The molecule has 0 bridgehead atoms. The Morgan fingerprint density at radius 2 is 1.75 bits per heavy atom. The van der Waals surface area contributed by atoms with Crippen molar-refractivity contribution in [2.45, 2.75) is 20.0 Å². The van der Waals surface area contributed by atoms with Crippen molar-refractivity contribution in [2.24, 2.45) is 0 Å². The SMILES string of the molecule is Cc1nn(Cc2ccccc2)c(Cl)c1CN1CCN(C(=O)c2ccc3c(c2)OCO3)CC1. The van der Waals surface area contributed by atoms with Gasteiger partial charge < -0.3 is 14.4 Å². The molecule has 1 fully saturated rings. The summed E-state index contributed by atoms with van der Waals surface area (Å²) in [5, 5.41) is 5.34. The number of ether oxygens (including phenoxy) is 2. The zero-order valence-electron chi connectivity index (χ0n) is 18.0. The Kier molecular flexibility index (Phi) is 5.76. The molecule has 8 heteroatoms. The quantitative estimate of drug-likeness (QED) is 0.592. The molecule has 2 aliphatic heterocycles. The first-order valence-electron chi connectivity index (χ1n) is 10.8. The van der Waals surface area contributed by atoms with Crippen molar-refractivity contribution in [3.8, 4) is 11.5 Å². The molecular weight excluding hydrogens is 428 g/mol. The molecule has 1 saturated heterocycles. The summed E-state index contributed by atoms with van der Waals surface area (Å²) in [6.07, 6.45) is 0. The van der Waals surface area contributed by atoms with Gasteiger partial charge in [0.05, 0.1) is 12.2 Å². The molecule has 0 aliphatic carbocycles. The van der Waals surface area contributed by atoms with Gasteiger partial charge in [0.2, 0.25) is 6.79 Å². The van der Waals surface area contributed by atoms with E-state index in [-0.39, 0.29) is 12.7 Å². The molecule has 32 heavy (non-hydrogen) atoms. The first-order valence-corrected chi connectivity index (χ1v) is 11.1. The standard InChI is InChI=1S/C24H25ClN4O3/c1-17-20(23(25)29(26-17)14-18-5-3-2-4-6-18)15-27-9-11-28(12-10-27)24(30)19-7-8-21-22(13-19)32-16-31-21/h2-8,13H,9-12,14-16H2,1H3. The lowest BCUT2D eigenvalue weighted by molar-refractivity contribution is 0.0628. The maximum atomic E-state index is 12.9. The number of aryl methyl sites for hydroxylation is 1. The average Bonchev–Trinajstić information content (AvgIpc) is 3.39. The van der Waals surface area contributed by atoms with Crippen molar-refractivity contribution < 1.29 is 14.3 Å². The molecule has 2 aromatic carbocycles. The van der Waals surface area contributed by atoms with E-state index in [0.717, 1.165) is 30.9 Å². The number of carbonyl (C=O) groups is 1. The second-order valence-corrected chi connectivity index (χ2v) is 8.49. The summed E-state index contributed by atoms with van der Waals surface area (Å²) < 4.78 is 12.6. The minimum Gasteiger partial charge on any atom is -0.454 e. The first-order chi connectivity index (χ1) is 15.6. The molecule has 0 N–H and O–H groups in total. The number of amides is 1. The number of hydrogen-bond donors (Lipinski definition) is 0. The maximum Gasteiger partial charge on any atom is 0.254 e. The van der Waals surface area contributed by atoms with Crippen LogP contribution in [0.5, 0.6) is 11.5 Å². The van der Waals surface area contributed by atoms with Gasteiger partial charge in [-0.2, -0.15) is 5.10 Å². The summed E-state index contributed by atoms with van der Waals surface area (Å²) in [7, 11) is 0. The van der Waals surface area contributed by atoms with Gasteiger partial charge in [0.15, 0.2) is 11.5 Å². The van der Waals surface area contributed by atoms with E-state index in [4.69, 9.17) is 21.1 Å². The number of halogens is 1. The predicted octanol–water partition coefficient (Wildman–Crippen LogP) is 3.58. The molecule has 166 valence electrons. The molecule has 3 heterocycles. The fourth-order valence-electron chi connectivity index (χ4n) is 4.18. The third-order valence-electron chi connectivity index (χ3n) is 6.02. The van der Waals surface area contributed by atoms with E-state index in [1.54, 1.807) is 18.2 Å². The lowest BCUT2D eigenvalue weighted by Gasteiger charge is -2.34. The third kappa shape index (κ3) is 4.18. The van der Waals surface area contributed by atoms with Gasteiger partial charge in [-0.15, -0.1) is 0 Å². The zero-order valence-corrected chi connectivity index (χ0v) is 18.7. The monoisotopic (exact) mass is 452 g/mol. The summed E-state index contributed by atoms with van der Waals surface area (Å²) in [4.78, 5) is 17.1. The minimum absolute atomic E-state index is 0.0212. The van der Waals surface area contributed by atoms with E-state index in [1.165, 1.54) is 5.56 Å². The number of rotatable bonds is 5. The minimum atomic E-state index is 0.0212. The van der Waals surface area contributed by atoms with Crippen LogP contribution in [-0.4, -0.2) is 58.5 Å². The van der Waals surface area contributed by atoms with Crippen LogP contribution in [0, 0.1) is 6.92 Å². The molecular formula is C24H25ClN4O3. The van der Waals surface area contributed by atoms with Crippen LogP contribution in [0.25, 0.3) is 0 Å². The number of hydrogen-bond acceptors (Lipinski definition) is 5. The Morgan fingerprint density at radius 3 is 2.53 bits per heavy atom. The molecule has 0 radical (unpaired) electrons. The Morgan fingerprint density at radius 1 is 1.00 bits per heavy atom. The van der Waals surface area contributed by atoms with Crippen LogP contribution in [0.2, 0.25) is 5.15 Å². The Labute approximate surface area is 192 Å². The molecule has 2 aliphatic rings. The lowest BCUT2D eigenvalue weighted by Crippen LogP contribution is -2.48. The summed E-state index contributed by atoms with van der Waals surface area (Å²) in [6.45, 7) is 6.50. The van der Waals surface area contributed by atoms with Gasteiger partial charge >= 0.3 is 0 Å². The van der Waals surface area contributed by atoms with Crippen LogP contribution < -0.4 is 9.47 Å². The highest BCUT2D eigenvalue weighted by atomic mass is 35.5. The van der Waals surface area contributed by atoms with E-state index in [1.807, 2.05) is 34.7 Å². The van der Waals surface area contributed by atoms with Crippen molar-refractivity contribution in [2.75, 3.05) is 33.0 Å². The van der Waals surface area contributed by atoms with E-state index in [0.29, 0.717) is 41.8 Å². The van der Waals surface area contributed by atoms with Crippen LogP contribution >= 0.6 is 11.6 Å². The number of aromatic nitrogens is 2. The summed E-state index contributed by atoms with van der Waals surface area (Å²) in [5.74, 6) is 1.34. The molecule has 1 amide bonds. The normalized spacial score (nSPS) is 15.9. The highest BCUT2D eigenvalue weighted by molar-refractivity contribution is 6.30. The molecule has 7 nitrogen and oxygen atoms in total.